The number of hydrogen-bond donors (Lipinski definition) is 2. The maximum absolute atomic E-state index is 4.74. The van der Waals surface area contributed by atoms with Crippen molar-refractivity contribution in [2.45, 2.75) is 40.2 Å². The van der Waals surface area contributed by atoms with Crippen LogP contribution in [0.25, 0.3) is 16.9 Å². The number of fused-ring (bicyclic) bond motifs is 1. The summed E-state index contributed by atoms with van der Waals surface area (Å²) in [6, 6.07) is 0. The minimum absolute atomic E-state index is 0.0699. The first-order valence-corrected chi connectivity index (χ1v) is 6.99. The fourth-order valence-corrected chi connectivity index (χ4v) is 2.46. The Labute approximate surface area is 123 Å². The number of nitrogens with one attached hydrogen (secondary N) is 2. The number of aromatic nitrogens is 5. The van der Waals surface area contributed by atoms with Crippen LogP contribution < -0.4 is 5.32 Å². The molecule has 3 aromatic rings. The van der Waals surface area contributed by atoms with Crippen LogP contribution in [0.15, 0.2) is 18.6 Å². The molecule has 0 amide bonds. The first kappa shape index (κ1) is 13.6. The van der Waals surface area contributed by atoms with Crippen LogP contribution in [0.4, 0.5) is 5.82 Å². The Kier molecular flexibility index (Phi) is 2.97. The largest absolute Gasteiger partial charge is 0.365 e. The molecule has 0 bridgehead atoms. The minimum atomic E-state index is -0.0699. The minimum Gasteiger partial charge on any atom is -0.365 e. The van der Waals surface area contributed by atoms with Gasteiger partial charge in [0.15, 0.2) is 5.65 Å². The van der Waals surface area contributed by atoms with E-state index in [1.54, 1.807) is 12.4 Å². The maximum Gasteiger partial charge on any atom is 0.157 e. The number of nitrogens with zero attached hydrogens (tertiary/aromatic N) is 4. The second-order valence-corrected chi connectivity index (χ2v) is 6.30. The van der Waals surface area contributed by atoms with Gasteiger partial charge in [0.1, 0.15) is 11.5 Å². The highest BCUT2D eigenvalue weighted by Gasteiger charge is 2.22. The molecule has 0 aliphatic heterocycles. The van der Waals surface area contributed by atoms with E-state index in [4.69, 9.17) is 4.98 Å². The number of aromatic amines is 1. The number of aryl methyl sites for hydroxylation is 2. The Morgan fingerprint density at radius 1 is 1.24 bits per heavy atom. The van der Waals surface area contributed by atoms with E-state index in [0.717, 1.165) is 34.1 Å². The molecule has 3 heterocycles. The lowest BCUT2D eigenvalue weighted by atomic mass is 10.1. The van der Waals surface area contributed by atoms with Crippen molar-refractivity contribution in [2.75, 3.05) is 5.32 Å². The van der Waals surface area contributed by atoms with Crippen molar-refractivity contribution >= 4 is 11.5 Å². The second kappa shape index (κ2) is 4.58. The van der Waals surface area contributed by atoms with Crippen molar-refractivity contribution in [3.05, 3.63) is 30.0 Å². The van der Waals surface area contributed by atoms with Gasteiger partial charge in [-0.1, -0.05) is 0 Å². The molecule has 0 atom stereocenters. The molecule has 6 nitrogen and oxygen atoms in total. The van der Waals surface area contributed by atoms with Gasteiger partial charge in [-0.3, -0.25) is 14.5 Å². The third-order valence-corrected chi connectivity index (χ3v) is 3.29. The Morgan fingerprint density at radius 3 is 2.62 bits per heavy atom. The van der Waals surface area contributed by atoms with Crippen molar-refractivity contribution in [1.82, 2.24) is 24.6 Å². The van der Waals surface area contributed by atoms with E-state index in [1.807, 2.05) is 24.4 Å². The van der Waals surface area contributed by atoms with Crippen LogP contribution in [0, 0.1) is 13.8 Å². The maximum atomic E-state index is 4.74. The van der Waals surface area contributed by atoms with Gasteiger partial charge in [0.05, 0.1) is 11.9 Å². The molecular formula is C15H20N6. The Balaban J connectivity index is 2.29. The summed E-state index contributed by atoms with van der Waals surface area (Å²) in [6.45, 7) is 10.4. The van der Waals surface area contributed by atoms with E-state index in [2.05, 4.69) is 41.3 Å². The Bertz CT molecular complexity index is 771. The van der Waals surface area contributed by atoms with E-state index in [-0.39, 0.29) is 5.54 Å². The summed E-state index contributed by atoms with van der Waals surface area (Å²) >= 11 is 0. The predicted octanol–water partition coefficient (Wildman–Crippen LogP) is 2.95. The zero-order valence-electron chi connectivity index (χ0n) is 13.0. The van der Waals surface area contributed by atoms with Crippen molar-refractivity contribution < 1.29 is 0 Å². The zero-order chi connectivity index (χ0) is 15.2. The number of H-pyrrole nitrogens is 1. The lowest BCUT2D eigenvalue weighted by molar-refractivity contribution is 0.629. The van der Waals surface area contributed by atoms with Crippen molar-refractivity contribution in [3.63, 3.8) is 0 Å². The van der Waals surface area contributed by atoms with Crippen LogP contribution in [0.5, 0.6) is 0 Å². The molecule has 0 fully saturated rings. The fraction of sp³-hybridized carbons (Fsp3) is 0.400. The van der Waals surface area contributed by atoms with Crippen LogP contribution in [0.2, 0.25) is 0 Å². The van der Waals surface area contributed by atoms with Gasteiger partial charge in [0.2, 0.25) is 0 Å². The molecule has 0 saturated heterocycles. The molecule has 0 aromatic carbocycles. The monoisotopic (exact) mass is 284 g/mol. The molecule has 6 heteroatoms. The van der Waals surface area contributed by atoms with Crippen LogP contribution in [0.3, 0.4) is 0 Å². The van der Waals surface area contributed by atoms with E-state index in [1.165, 1.54) is 0 Å². The smallest absolute Gasteiger partial charge is 0.157 e. The molecule has 110 valence electrons. The van der Waals surface area contributed by atoms with Gasteiger partial charge >= 0.3 is 0 Å². The number of hydrogen-bond acceptors (Lipinski definition) is 4. The number of rotatable bonds is 2. The van der Waals surface area contributed by atoms with Crippen LogP contribution in [-0.4, -0.2) is 30.1 Å². The Hall–Kier alpha value is -2.37. The molecule has 21 heavy (non-hydrogen) atoms. The van der Waals surface area contributed by atoms with Gasteiger partial charge in [0.25, 0.3) is 0 Å². The Morgan fingerprint density at radius 2 is 2.00 bits per heavy atom. The van der Waals surface area contributed by atoms with Gasteiger partial charge in [-0.15, -0.1) is 0 Å². The molecule has 0 aliphatic carbocycles. The fourth-order valence-electron chi connectivity index (χ4n) is 2.46. The highest BCUT2D eigenvalue weighted by molar-refractivity contribution is 5.79. The van der Waals surface area contributed by atoms with E-state index < -0.39 is 0 Å². The molecular weight excluding hydrogens is 264 g/mol. The first-order valence-electron chi connectivity index (χ1n) is 6.99. The average Bonchev–Trinajstić information content (AvgIpc) is 2.90. The number of anilines is 1. The molecule has 0 saturated carbocycles. The molecule has 0 unspecified atom stereocenters. The van der Waals surface area contributed by atoms with E-state index >= 15 is 0 Å². The SMILES string of the molecule is Cc1n[nH]c(C)c1-c1nc2cnccn2c1NC(C)(C)C. The third-order valence-electron chi connectivity index (χ3n) is 3.29. The van der Waals surface area contributed by atoms with Crippen molar-refractivity contribution in [2.24, 2.45) is 0 Å². The predicted molar refractivity (Wildman–Crippen MR) is 83.4 cm³/mol. The summed E-state index contributed by atoms with van der Waals surface area (Å²) in [7, 11) is 0. The van der Waals surface area contributed by atoms with Gasteiger partial charge in [0, 0.05) is 29.2 Å². The summed E-state index contributed by atoms with van der Waals surface area (Å²) < 4.78 is 2.03. The summed E-state index contributed by atoms with van der Waals surface area (Å²) in [5.41, 5.74) is 4.66. The molecule has 3 rings (SSSR count). The molecule has 3 aromatic heterocycles. The van der Waals surface area contributed by atoms with Gasteiger partial charge in [-0.25, -0.2) is 4.98 Å². The molecule has 0 spiro atoms. The van der Waals surface area contributed by atoms with Gasteiger partial charge in [-0.2, -0.15) is 5.10 Å². The summed E-state index contributed by atoms with van der Waals surface area (Å²) in [5, 5.41) is 10.9. The topological polar surface area (TPSA) is 70.9 Å². The van der Waals surface area contributed by atoms with E-state index in [0.29, 0.717) is 0 Å². The summed E-state index contributed by atoms with van der Waals surface area (Å²) in [6.07, 6.45) is 5.45. The number of imidazole rings is 1. The van der Waals surface area contributed by atoms with Crippen molar-refractivity contribution in [1.29, 1.82) is 0 Å². The van der Waals surface area contributed by atoms with Gasteiger partial charge in [-0.05, 0) is 34.6 Å². The molecule has 2 N–H and O–H groups in total. The lowest BCUT2D eigenvalue weighted by Gasteiger charge is -2.22. The highest BCUT2D eigenvalue weighted by Crippen LogP contribution is 2.33. The first-order chi connectivity index (χ1) is 9.87. The van der Waals surface area contributed by atoms with Crippen LogP contribution in [-0.2, 0) is 0 Å². The molecule has 0 radical (unpaired) electrons. The third kappa shape index (κ3) is 2.37. The normalized spacial score (nSPS) is 12.0. The quantitative estimate of drug-likeness (QED) is 0.759. The highest BCUT2D eigenvalue weighted by atomic mass is 15.2. The van der Waals surface area contributed by atoms with Crippen LogP contribution in [0.1, 0.15) is 32.2 Å². The second-order valence-electron chi connectivity index (χ2n) is 6.30. The summed E-state index contributed by atoms with van der Waals surface area (Å²) in [4.78, 5) is 8.89. The van der Waals surface area contributed by atoms with Gasteiger partial charge < -0.3 is 5.32 Å². The average molecular weight is 284 g/mol. The standard InChI is InChI=1S/C15H20N6/c1-9-12(10(2)20-19-9)13-14(18-15(3,4)5)21-7-6-16-8-11(21)17-13/h6-8,18H,1-5H3,(H,19,20). The van der Waals surface area contributed by atoms with E-state index in [9.17, 15) is 0 Å². The van der Waals surface area contributed by atoms with Crippen LogP contribution >= 0.6 is 0 Å². The molecule has 0 aliphatic rings. The zero-order valence-corrected chi connectivity index (χ0v) is 13.0. The summed E-state index contributed by atoms with van der Waals surface area (Å²) in [5.74, 6) is 0.965. The lowest BCUT2D eigenvalue weighted by Crippen LogP contribution is -2.27. The van der Waals surface area contributed by atoms with Crippen molar-refractivity contribution in [3.8, 4) is 11.3 Å².